The summed E-state index contributed by atoms with van der Waals surface area (Å²) in [5.74, 6) is -0.573. The van der Waals surface area contributed by atoms with E-state index in [9.17, 15) is 14.4 Å². The van der Waals surface area contributed by atoms with Crippen molar-refractivity contribution in [2.24, 2.45) is 5.10 Å². The molecule has 0 aromatic heterocycles. The van der Waals surface area contributed by atoms with Gasteiger partial charge < -0.3 is 14.8 Å². The van der Waals surface area contributed by atoms with Crippen molar-refractivity contribution in [2.45, 2.75) is 20.3 Å². The molecule has 0 spiro atoms. The summed E-state index contributed by atoms with van der Waals surface area (Å²) < 4.78 is 10.4. The fourth-order valence-electron chi connectivity index (χ4n) is 2.98. The van der Waals surface area contributed by atoms with Crippen molar-refractivity contribution < 1.29 is 23.9 Å². The van der Waals surface area contributed by atoms with Crippen LogP contribution in [-0.4, -0.2) is 36.7 Å². The van der Waals surface area contributed by atoms with Crippen LogP contribution in [0, 0.1) is 0 Å². The molecule has 0 heterocycles. The highest BCUT2D eigenvalue weighted by Gasteiger charge is 2.09. The van der Waals surface area contributed by atoms with E-state index in [1.54, 1.807) is 44.2 Å². The number of fused-ring (bicyclic) bond motifs is 1. The lowest BCUT2D eigenvalue weighted by atomic mass is 10.1. The van der Waals surface area contributed by atoms with Crippen LogP contribution in [0.25, 0.3) is 10.8 Å². The number of anilines is 1. The smallest absolute Gasteiger partial charge is 0.338 e. The number of esters is 1. The Balaban J connectivity index is 1.43. The van der Waals surface area contributed by atoms with Gasteiger partial charge in [0.25, 0.3) is 5.91 Å². The molecule has 0 unspecified atom stereocenters. The predicted octanol–water partition coefficient (Wildman–Crippen LogP) is 3.92. The van der Waals surface area contributed by atoms with Crippen LogP contribution < -0.4 is 15.5 Å². The third-order valence-corrected chi connectivity index (χ3v) is 4.56. The average Bonchev–Trinajstić information content (AvgIpc) is 2.81. The number of carbonyl (C=O) groups is 3. The molecule has 8 heteroatoms. The molecule has 3 aromatic carbocycles. The van der Waals surface area contributed by atoms with Gasteiger partial charge in [-0.3, -0.25) is 9.59 Å². The third kappa shape index (κ3) is 7.17. The van der Waals surface area contributed by atoms with Gasteiger partial charge in [0.15, 0.2) is 6.61 Å². The van der Waals surface area contributed by atoms with Crippen molar-refractivity contribution in [1.29, 1.82) is 0 Å². The van der Waals surface area contributed by atoms with Crippen molar-refractivity contribution in [2.75, 3.05) is 18.5 Å². The van der Waals surface area contributed by atoms with Gasteiger partial charge in [-0.2, -0.15) is 5.10 Å². The van der Waals surface area contributed by atoms with Gasteiger partial charge in [-0.15, -0.1) is 0 Å². The van der Waals surface area contributed by atoms with Crippen LogP contribution in [0.4, 0.5) is 5.69 Å². The minimum Gasteiger partial charge on any atom is -0.484 e. The van der Waals surface area contributed by atoms with Gasteiger partial charge in [-0.05, 0) is 61.0 Å². The normalized spacial score (nSPS) is 11.0. The van der Waals surface area contributed by atoms with Gasteiger partial charge in [-0.25, -0.2) is 10.2 Å². The van der Waals surface area contributed by atoms with Gasteiger partial charge in [0.2, 0.25) is 5.91 Å². The fourth-order valence-corrected chi connectivity index (χ4v) is 2.98. The van der Waals surface area contributed by atoms with E-state index >= 15 is 0 Å². The number of nitrogens with one attached hydrogen (secondary N) is 2. The highest BCUT2D eigenvalue weighted by molar-refractivity contribution is 6.05. The molecule has 3 aromatic rings. The molecule has 33 heavy (non-hydrogen) atoms. The van der Waals surface area contributed by atoms with Gasteiger partial charge >= 0.3 is 5.97 Å². The molecule has 3 rings (SSSR count). The monoisotopic (exact) mass is 447 g/mol. The number of amides is 2. The van der Waals surface area contributed by atoms with Crippen LogP contribution >= 0.6 is 0 Å². The maximum absolute atomic E-state index is 12.2. The fraction of sp³-hybridized carbons (Fsp3) is 0.200. The van der Waals surface area contributed by atoms with Crippen LogP contribution in [0.2, 0.25) is 0 Å². The summed E-state index contributed by atoms with van der Waals surface area (Å²) in [5, 5.41) is 8.76. The number of benzene rings is 3. The molecule has 0 atom stereocenters. The number of hydrazone groups is 1. The zero-order chi connectivity index (χ0) is 23.6. The van der Waals surface area contributed by atoms with E-state index in [2.05, 4.69) is 15.8 Å². The summed E-state index contributed by atoms with van der Waals surface area (Å²) in [6.45, 7) is 3.46. The lowest BCUT2D eigenvalue weighted by Crippen LogP contribution is -2.26. The minimum atomic E-state index is -0.433. The zero-order valence-electron chi connectivity index (χ0n) is 18.5. The Morgan fingerprint density at radius 3 is 2.36 bits per heavy atom. The van der Waals surface area contributed by atoms with Crippen molar-refractivity contribution >= 4 is 40.0 Å². The number of hydrogen-bond acceptors (Lipinski definition) is 6. The van der Waals surface area contributed by atoms with E-state index in [-0.39, 0.29) is 18.9 Å². The molecule has 0 bridgehead atoms. The largest absolute Gasteiger partial charge is 0.484 e. The van der Waals surface area contributed by atoms with E-state index in [0.29, 0.717) is 29.3 Å². The quantitative estimate of drug-likeness (QED) is 0.294. The first-order valence-electron chi connectivity index (χ1n) is 10.4. The van der Waals surface area contributed by atoms with Gasteiger partial charge in [0, 0.05) is 11.4 Å². The highest BCUT2D eigenvalue weighted by atomic mass is 16.5. The molecular formula is C25H25N3O5. The third-order valence-electron chi connectivity index (χ3n) is 4.56. The Morgan fingerprint density at radius 2 is 1.64 bits per heavy atom. The second-order valence-electron chi connectivity index (χ2n) is 7.20. The van der Waals surface area contributed by atoms with Crippen molar-refractivity contribution in [1.82, 2.24) is 5.43 Å². The zero-order valence-corrected chi connectivity index (χ0v) is 18.5. The van der Waals surface area contributed by atoms with Gasteiger partial charge in [0.1, 0.15) is 5.75 Å². The predicted molar refractivity (Wildman–Crippen MR) is 126 cm³/mol. The van der Waals surface area contributed by atoms with E-state index in [1.807, 2.05) is 36.4 Å². The summed E-state index contributed by atoms with van der Waals surface area (Å²) in [6.07, 6.45) is -0.00849. The summed E-state index contributed by atoms with van der Waals surface area (Å²) in [7, 11) is 0. The lowest BCUT2D eigenvalue weighted by molar-refractivity contribution is -0.123. The molecule has 0 saturated heterocycles. The van der Waals surface area contributed by atoms with Crippen LogP contribution in [0.15, 0.2) is 71.8 Å². The molecule has 2 amide bonds. The Bertz CT molecular complexity index is 1170. The number of ether oxygens (including phenoxy) is 2. The molecule has 0 radical (unpaired) electrons. The summed E-state index contributed by atoms with van der Waals surface area (Å²) in [5.41, 5.74) is 3.75. The number of rotatable bonds is 9. The van der Waals surface area contributed by atoms with Crippen LogP contribution in [-0.2, 0) is 14.3 Å². The molecule has 0 aliphatic rings. The Labute approximate surface area is 191 Å². The lowest BCUT2D eigenvalue weighted by Gasteiger charge is -2.08. The molecule has 170 valence electrons. The molecule has 0 aliphatic heterocycles. The van der Waals surface area contributed by atoms with Crippen molar-refractivity contribution in [3.63, 3.8) is 0 Å². The minimum absolute atomic E-state index is 0.00849. The second-order valence-corrected chi connectivity index (χ2v) is 7.20. The van der Waals surface area contributed by atoms with Gasteiger partial charge in [0.05, 0.1) is 18.6 Å². The molecule has 0 aliphatic carbocycles. The Hall–Kier alpha value is -4.20. The molecule has 2 N–H and O–H groups in total. The van der Waals surface area contributed by atoms with Crippen LogP contribution in [0.1, 0.15) is 30.6 Å². The van der Waals surface area contributed by atoms with E-state index < -0.39 is 11.9 Å². The first kappa shape index (κ1) is 23.5. The van der Waals surface area contributed by atoms with E-state index in [1.165, 1.54) is 0 Å². The Morgan fingerprint density at radius 1 is 0.909 bits per heavy atom. The SMILES string of the molecule is CCOC(=O)c1ccc(NC(=O)C/C(C)=N/NC(=O)COc2ccc3ccccc3c2)cc1. The number of carbonyl (C=O) groups excluding carboxylic acids is 3. The topological polar surface area (TPSA) is 106 Å². The van der Waals surface area contributed by atoms with Gasteiger partial charge in [-0.1, -0.05) is 30.3 Å². The second kappa shape index (κ2) is 11.4. The van der Waals surface area contributed by atoms with E-state index in [0.717, 1.165) is 10.8 Å². The molecule has 8 nitrogen and oxygen atoms in total. The summed E-state index contributed by atoms with van der Waals surface area (Å²) in [6, 6.07) is 19.8. The number of nitrogens with zero attached hydrogens (tertiary/aromatic N) is 1. The maximum Gasteiger partial charge on any atom is 0.338 e. The summed E-state index contributed by atoms with van der Waals surface area (Å²) >= 11 is 0. The van der Waals surface area contributed by atoms with Crippen LogP contribution in [0.5, 0.6) is 5.75 Å². The Kier molecular flexibility index (Phi) is 8.13. The molecular weight excluding hydrogens is 422 g/mol. The molecule has 0 fully saturated rings. The summed E-state index contributed by atoms with van der Waals surface area (Å²) in [4.78, 5) is 35.9. The maximum atomic E-state index is 12.2. The first-order chi connectivity index (χ1) is 15.9. The number of hydrogen-bond donors (Lipinski definition) is 2. The van der Waals surface area contributed by atoms with Crippen molar-refractivity contribution in [3.05, 3.63) is 72.3 Å². The van der Waals surface area contributed by atoms with Crippen molar-refractivity contribution in [3.8, 4) is 5.75 Å². The molecule has 0 saturated carbocycles. The van der Waals surface area contributed by atoms with E-state index in [4.69, 9.17) is 9.47 Å². The van der Waals surface area contributed by atoms with Crippen LogP contribution in [0.3, 0.4) is 0 Å². The average molecular weight is 447 g/mol. The first-order valence-corrected chi connectivity index (χ1v) is 10.4. The highest BCUT2D eigenvalue weighted by Crippen LogP contribution is 2.20. The standard InChI is InChI=1S/C25H25N3O5/c1-3-32-25(31)19-8-11-21(12-9-19)26-23(29)14-17(2)27-28-24(30)16-33-22-13-10-18-6-4-5-7-20(18)15-22/h4-13,15H,3,14,16H2,1-2H3,(H,26,29)(H,28,30)/b27-17+.